The average Bonchev–Trinajstić information content (AvgIpc) is 2.48. The minimum Gasteiger partial charge on any atom is -0.371 e. The first kappa shape index (κ1) is 15.1. The quantitative estimate of drug-likeness (QED) is 0.690. The number of nitro benzene ring substituents is 1. The van der Waals surface area contributed by atoms with Crippen LogP contribution in [0.4, 0.5) is 5.69 Å². The van der Waals surface area contributed by atoms with Crippen molar-refractivity contribution in [1.82, 2.24) is 0 Å². The Hall–Kier alpha value is -2.25. The second kappa shape index (κ2) is 5.27. The molecule has 1 unspecified atom stereocenters. The third kappa shape index (κ3) is 2.65. The third-order valence-corrected chi connectivity index (χ3v) is 5.34. The van der Waals surface area contributed by atoms with Crippen LogP contribution in [0.2, 0.25) is 0 Å². The highest BCUT2D eigenvalue weighted by Crippen LogP contribution is 2.34. The molecule has 6 nitrogen and oxygen atoms in total. The molecule has 0 spiro atoms. The van der Waals surface area contributed by atoms with Crippen molar-refractivity contribution in [3.63, 3.8) is 0 Å². The van der Waals surface area contributed by atoms with E-state index in [1.54, 1.807) is 6.07 Å². The highest BCUT2D eigenvalue weighted by atomic mass is 32.2. The number of nitro groups is 1. The number of sulfone groups is 1. The molecular weight excluding hydrogens is 294 g/mol. The van der Waals surface area contributed by atoms with Crippen molar-refractivity contribution in [2.45, 2.75) is 16.8 Å². The summed E-state index contributed by atoms with van der Waals surface area (Å²) in [6.07, 6.45) is 0. The Morgan fingerprint density at radius 3 is 2.29 bits per heavy atom. The normalized spacial score (nSPS) is 14.4. The Labute approximate surface area is 121 Å². The summed E-state index contributed by atoms with van der Waals surface area (Å²) in [5.41, 5.74) is -0.336. The lowest BCUT2D eigenvalue weighted by Gasteiger charge is -2.23. The van der Waals surface area contributed by atoms with Gasteiger partial charge in [0, 0.05) is 17.7 Å². The molecule has 0 heterocycles. The van der Waals surface area contributed by atoms with E-state index in [0.29, 0.717) is 0 Å². The van der Waals surface area contributed by atoms with E-state index < -0.39 is 19.7 Å². The lowest BCUT2D eigenvalue weighted by Crippen LogP contribution is -2.32. The molecule has 0 radical (unpaired) electrons. The fraction of sp³-hybridized carbons (Fsp3) is 0.143. The van der Waals surface area contributed by atoms with Gasteiger partial charge in [-0.05, 0) is 19.1 Å². The van der Waals surface area contributed by atoms with Gasteiger partial charge in [-0.15, -0.1) is 0 Å². The molecule has 0 aliphatic rings. The molecule has 0 bridgehead atoms. The van der Waals surface area contributed by atoms with Crippen molar-refractivity contribution in [3.8, 4) is 0 Å². The Bertz CT molecular complexity index is 769. The molecule has 0 saturated carbocycles. The fourth-order valence-corrected chi connectivity index (χ4v) is 3.30. The van der Waals surface area contributed by atoms with Crippen LogP contribution in [0.15, 0.2) is 59.5 Å². The first-order chi connectivity index (χ1) is 9.76. The number of aliphatic hydroxyl groups is 1. The Balaban J connectivity index is 2.56. The maximum absolute atomic E-state index is 12.5. The molecule has 0 aliphatic carbocycles. The summed E-state index contributed by atoms with van der Waals surface area (Å²) >= 11 is 0. The number of nitrogens with zero attached hydrogens (tertiary/aromatic N) is 1. The maximum atomic E-state index is 12.5. The van der Waals surface area contributed by atoms with Crippen molar-refractivity contribution < 1.29 is 18.4 Å². The summed E-state index contributed by atoms with van der Waals surface area (Å²) in [6.45, 7) is 1.11. The van der Waals surface area contributed by atoms with Crippen LogP contribution in [0.25, 0.3) is 0 Å². The van der Waals surface area contributed by atoms with Crippen LogP contribution in [0.3, 0.4) is 0 Å². The van der Waals surface area contributed by atoms with Gasteiger partial charge in [-0.3, -0.25) is 10.1 Å². The van der Waals surface area contributed by atoms with E-state index >= 15 is 0 Å². The Kier molecular flexibility index (Phi) is 3.80. The summed E-state index contributed by atoms with van der Waals surface area (Å²) < 4.78 is 25.0. The summed E-state index contributed by atoms with van der Waals surface area (Å²) in [4.78, 5) is 7.81. The number of non-ortho nitro benzene ring substituents is 1. The number of benzene rings is 2. The number of rotatable bonds is 4. The minimum absolute atomic E-state index is 0.0542. The topological polar surface area (TPSA) is 97.5 Å². The van der Waals surface area contributed by atoms with Gasteiger partial charge in [-0.2, -0.15) is 0 Å². The summed E-state index contributed by atoms with van der Waals surface area (Å²) in [5.74, 6) is 0. The van der Waals surface area contributed by atoms with Crippen molar-refractivity contribution in [1.29, 1.82) is 0 Å². The Morgan fingerprint density at radius 1 is 1.10 bits per heavy atom. The van der Waals surface area contributed by atoms with Gasteiger partial charge in [0.25, 0.3) is 5.69 Å². The van der Waals surface area contributed by atoms with Gasteiger partial charge in [0.15, 0.2) is 4.93 Å². The van der Waals surface area contributed by atoms with Crippen LogP contribution in [0.1, 0.15) is 12.5 Å². The van der Waals surface area contributed by atoms with Gasteiger partial charge >= 0.3 is 0 Å². The first-order valence-corrected chi connectivity index (χ1v) is 7.52. The molecule has 0 fully saturated rings. The molecule has 0 saturated heterocycles. The first-order valence-electron chi connectivity index (χ1n) is 6.04. The molecular formula is C14H13NO5S. The van der Waals surface area contributed by atoms with Crippen molar-refractivity contribution in [2.24, 2.45) is 0 Å². The van der Waals surface area contributed by atoms with Gasteiger partial charge in [0.05, 0.1) is 9.82 Å². The fourth-order valence-electron chi connectivity index (χ4n) is 1.89. The van der Waals surface area contributed by atoms with E-state index in [9.17, 15) is 23.6 Å². The van der Waals surface area contributed by atoms with Gasteiger partial charge in [0.1, 0.15) is 0 Å². The van der Waals surface area contributed by atoms with Crippen molar-refractivity contribution >= 4 is 15.5 Å². The second-order valence-electron chi connectivity index (χ2n) is 4.61. The molecule has 1 N–H and O–H groups in total. The highest BCUT2D eigenvalue weighted by Gasteiger charge is 2.40. The largest absolute Gasteiger partial charge is 0.371 e. The molecule has 0 amide bonds. The van der Waals surface area contributed by atoms with Crippen molar-refractivity contribution in [2.75, 3.05) is 0 Å². The lowest BCUT2D eigenvalue weighted by atomic mass is 10.1. The van der Waals surface area contributed by atoms with Gasteiger partial charge in [-0.1, -0.05) is 30.3 Å². The van der Waals surface area contributed by atoms with Crippen LogP contribution >= 0.6 is 0 Å². The zero-order valence-electron chi connectivity index (χ0n) is 11.1. The molecule has 0 aliphatic heterocycles. The maximum Gasteiger partial charge on any atom is 0.269 e. The SMILES string of the molecule is CC(O)(c1cccc([N+](=O)[O-])c1)S(=O)(=O)c1ccccc1. The second-order valence-corrected chi connectivity index (χ2v) is 6.88. The predicted octanol–water partition coefficient (Wildman–Crippen LogP) is 2.23. The number of hydrogen-bond donors (Lipinski definition) is 1. The molecule has 21 heavy (non-hydrogen) atoms. The molecule has 2 aromatic carbocycles. The number of hydrogen-bond acceptors (Lipinski definition) is 5. The zero-order valence-corrected chi connectivity index (χ0v) is 11.9. The van der Waals surface area contributed by atoms with E-state index in [2.05, 4.69) is 0 Å². The molecule has 0 aromatic heterocycles. The monoisotopic (exact) mass is 307 g/mol. The van der Waals surface area contributed by atoms with Gasteiger partial charge in [0.2, 0.25) is 9.84 Å². The molecule has 1 atom stereocenters. The molecule has 2 aromatic rings. The molecule has 7 heteroatoms. The third-order valence-electron chi connectivity index (χ3n) is 3.17. The lowest BCUT2D eigenvalue weighted by molar-refractivity contribution is -0.385. The zero-order chi connectivity index (χ0) is 15.7. The van der Waals surface area contributed by atoms with E-state index in [4.69, 9.17) is 0 Å². The summed E-state index contributed by atoms with van der Waals surface area (Å²) in [7, 11) is -4.10. The predicted molar refractivity (Wildman–Crippen MR) is 76.3 cm³/mol. The van der Waals surface area contributed by atoms with E-state index in [-0.39, 0.29) is 16.1 Å². The molecule has 2 rings (SSSR count). The minimum atomic E-state index is -4.10. The standard InChI is InChI=1S/C14H13NO5S/c1-14(16,11-6-5-7-12(10-11)15(17)18)21(19,20)13-8-3-2-4-9-13/h2-10,16H,1H3. The summed E-state index contributed by atoms with van der Waals surface area (Å²) in [5, 5.41) is 21.2. The Morgan fingerprint density at radius 2 is 1.71 bits per heavy atom. The van der Waals surface area contributed by atoms with Crippen LogP contribution < -0.4 is 0 Å². The molecule has 110 valence electrons. The van der Waals surface area contributed by atoms with E-state index in [0.717, 1.165) is 13.0 Å². The summed E-state index contributed by atoms with van der Waals surface area (Å²) in [6, 6.07) is 12.4. The highest BCUT2D eigenvalue weighted by molar-refractivity contribution is 7.92. The van der Waals surface area contributed by atoms with Crippen LogP contribution in [-0.4, -0.2) is 18.4 Å². The van der Waals surface area contributed by atoms with E-state index in [1.165, 1.54) is 42.5 Å². The smallest absolute Gasteiger partial charge is 0.269 e. The van der Waals surface area contributed by atoms with E-state index in [1.807, 2.05) is 0 Å². The average molecular weight is 307 g/mol. The van der Waals surface area contributed by atoms with Gasteiger partial charge in [-0.25, -0.2) is 8.42 Å². The van der Waals surface area contributed by atoms with Crippen LogP contribution in [-0.2, 0) is 14.8 Å². The van der Waals surface area contributed by atoms with Gasteiger partial charge < -0.3 is 5.11 Å². The van der Waals surface area contributed by atoms with Crippen LogP contribution in [0, 0.1) is 10.1 Å². The van der Waals surface area contributed by atoms with Crippen molar-refractivity contribution in [3.05, 3.63) is 70.3 Å². The van der Waals surface area contributed by atoms with Crippen LogP contribution in [0.5, 0.6) is 0 Å².